The molecule has 1 aliphatic rings. The molecule has 1 aromatic heterocycles. The molecule has 17 heavy (non-hydrogen) atoms. The first kappa shape index (κ1) is 11.4. The van der Waals surface area contributed by atoms with Gasteiger partial charge in [-0.1, -0.05) is 5.16 Å². The van der Waals surface area contributed by atoms with E-state index in [1.807, 2.05) is 0 Å². The first-order chi connectivity index (χ1) is 8.12. The number of aromatic nitrogens is 2. The number of hydrogen-bond donors (Lipinski definition) is 3. The van der Waals surface area contributed by atoms with Crippen LogP contribution in [0.5, 0.6) is 0 Å². The van der Waals surface area contributed by atoms with Crippen molar-refractivity contribution in [1.82, 2.24) is 20.8 Å². The lowest BCUT2D eigenvalue weighted by molar-refractivity contribution is -0.143. The third kappa shape index (κ3) is 2.71. The summed E-state index contributed by atoms with van der Waals surface area (Å²) >= 11 is 0. The van der Waals surface area contributed by atoms with Gasteiger partial charge in [0.15, 0.2) is 5.82 Å². The molecule has 0 unspecified atom stereocenters. The summed E-state index contributed by atoms with van der Waals surface area (Å²) in [6.45, 7) is 0.281. The van der Waals surface area contributed by atoms with Crippen LogP contribution in [0, 0.1) is 5.41 Å². The van der Waals surface area contributed by atoms with Gasteiger partial charge in [-0.3, -0.25) is 4.79 Å². The lowest BCUT2D eigenvalue weighted by Crippen LogP contribution is -2.40. The molecule has 1 heterocycles. The summed E-state index contributed by atoms with van der Waals surface area (Å²) in [5.41, 5.74) is -0.760. The second-order valence-corrected chi connectivity index (χ2v) is 3.97. The third-order valence-electron chi connectivity index (χ3n) is 2.71. The minimum Gasteiger partial charge on any atom is -0.481 e. The molecule has 2 amide bonds. The fourth-order valence-electron chi connectivity index (χ4n) is 1.36. The van der Waals surface area contributed by atoms with Crippen molar-refractivity contribution < 1.29 is 19.2 Å². The van der Waals surface area contributed by atoms with Crippen molar-refractivity contribution in [2.24, 2.45) is 5.41 Å². The van der Waals surface area contributed by atoms with Crippen molar-refractivity contribution in [3.05, 3.63) is 12.2 Å². The van der Waals surface area contributed by atoms with Gasteiger partial charge in [-0.05, 0) is 12.8 Å². The van der Waals surface area contributed by atoms with Crippen LogP contribution in [0.25, 0.3) is 0 Å². The van der Waals surface area contributed by atoms with Crippen LogP contribution >= 0.6 is 0 Å². The molecule has 0 spiro atoms. The standard InChI is InChI=1S/C9H12N4O4/c14-7(15)9(1-2-9)4-11-8(16)10-3-6-12-5-17-13-6/h5H,1-4H2,(H,14,15)(H2,10,11,16). The SMILES string of the molecule is O=C(NCc1ncon1)NCC1(C(=O)O)CC1. The molecule has 0 atom stereocenters. The summed E-state index contributed by atoms with van der Waals surface area (Å²) in [5, 5.41) is 17.4. The van der Waals surface area contributed by atoms with E-state index in [0.717, 1.165) is 0 Å². The Hall–Kier alpha value is -2.12. The fraction of sp³-hybridized carbons (Fsp3) is 0.556. The van der Waals surface area contributed by atoms with Crippen LogP contribution in [0.15, 0.2) is 10.9 Å². The molecule has 0 bridgehead atoms. The lowest BCUT2D eigenvalue weighted by atomic mass is 10.1. The van der Waals surface area contributed by atoms with E-state index in [1.165, 1.54) is 6.39 Å². The first-order valence-corrected chi connectivity index (χ1v) is 5.13. The Bertz CT molecular complexity index is 413. The van der Waals surface area contributed by atoms with Crippen molar-refractivity contribution in [1.29, 1.82) is 0 Å². The van der Waals surface area contributed by atoms with Crippen LogP contribution in [0.2, 0.25) is 0 Å². The summed E-state index contributed by atoms with van der Waals surface area (Å²) < 4.78 is 4.49. The Morgan fingerprint density at radius 1 is 1.47 bits per heavy atom. The highest BCUT2D eigenvalue weighted by Gasteiger charge is 2.50. The van der Waals surface area contributed by atoms with Gasteiger partial charge in [0.1, 0.15) is 0 Å². The Kier molecular flexibility index (Phi) is 2.94. The number of rotatable bonds is 5. The van der Waals surface area contributed by atoms with Gasteiger partial charge >= 0.3 is 12.0 Å². The maximum atomic E-state index is 11.3. The second-order valence-electron chi connectivity index (χ2n) is 3.97. The van der Waals surface area contributed by atoms with E-state index in [2.05, 4.69) is 25.3 Å². The number of carbonyl (C=O) groups excluding carboxylic acids is 1. The average Bonchev–Trinajstić information content (AvgIpc) is 2.93. The molecule has 92 valence electrons. The van der Waals surface area contributed by atoms with E-state index in [0.29, 0.717) is 18.7 Å². The lowest BCUT2D eigenvalue weighted by Gasteiger charge is -2.11. The van der Waals surface area contributed by atoms with Crippen LogP contribution in [0.1, 0.15) is 18.7 Å². The zero-order chi connectivity index (χ0) is 12.3. The van der Waals surface area contributed by atoms with Crippen molar-refractivity contribution in [2.75, 3.05) is 6.54 Å². The average molecular weight is 240 g/mol. The molecule has 1 aromatic rings. The van der Waals surface area contributed by atoms with Gasteiger partial charge in [-0.25, -0.2) is 4.79 Å². The summed E-state index contributed by atoms with van der Waals surface area (Å²) in [6, 6.07) is -0.442. The van der Waals surface area contributed by atoms with E-state index in [4.69, 9.17) is 5.11 Å². The highest BCUT2D eigenvalue weighted by Crippen LogP contribution is 2.45. The molecule has 2 rings (SSSR count). The maximum Gasteiger partial charge on any atom is 0.315 e. The predicted octanol–water partition coefficient (Wildman–Crippen LogP) is -0.266. The summed E-state index contributed by atoms with van der Waals surface area (Å²) in [6.07, 6.45) is 2.37. The zero-order valence-corrected chi connectivity index (χ0v) is 8.97. The van der Waals surface area contributed by atoms with Crippen molar-refractivity contribution in [3.63, 3.8) is 0 Å². The number of carboxylic acids is 1. The van der Waals surface area contributed by atoms with Crippen LogP contribution in [-0.2, 0) is 11.3 Å². The molecule has 1 aliphatic carbocycles. The number of hydrogen-bond acceptors (Lipinski definition) is 5. The number of aliphatic carboxylic acids is 1. The predicted molar refractivity (Wildman–Crippen MR) is 53.8 cm³/mol. The smallest absolute Gasteiger partial charge is 0.315 e. The Morgan fingerprint density at radius 3 is 2.76 bits per heavy atom. The molecule has 1 fully saturated rings. The molecule has 1 saturated carbocycles. The second kappa shape index (κ2) is 4.40. The van der Waals surface area contributed by atoms with Gasteiger partial charge in [0, 0.05) is 6.54 Å². The van der Waals surface area contributed by atoms with Gasteiger partial charge in [0.05, 0.1) is 12.0 Å². The summed E-state index contributed by atoms with van der Waals surface area (Å²) in [7, 11) is 0. The van der Waals surface area contributed by atoms with E-state index in [-0.39, 0.29) is 13.1 Å². The highest BCUT2D eigenvalue weighted by molar-refractivity contribution is 5.80. The number of carboxylic acid groups (broad SMARTS) is 1. The summed E-state index contributed by atoms with van der Waals surface area (Å²) in [4.78, 5) is 25.9. The van der Waals surface area contributed by atoms with E-state index >= 15 is 0 Å². The third-order valence-corrected chi connectivity index (χ3v) is 2.71. The molecule has 8 nitrogen and oxygen atoms in total. The topological polar surface area (TPSA) is 117 Å². The number of amides is 2. The normalized spacial score (nSPS) is 16.2. The van der Waals surface area contributed by atoms with Crippen molar-refractivity contribution in [2.45, 2.75) is 19.4 Å². The Labute approximate surface area is 96.4 Å². The minimum atomic E-state index is -0.865. The zero-order valence-electron chi connectivity index (χ0n) is 8.97. The molecule has 0 radical (unpaired) electrons. The Morgan fingerprint density at radius 2 is 2.24 bits per heavy atom. The highest BCUT2D eigenvalue weighted by atomic mass is 16.5. The maximum absolute atomic E-state index is 11.3. The van der Waals surface area contributed by atoms with Gasteiger partial charge in [0.2, 0.25) is 6.39 Å². The minimum absolute atomic E-state index is 0.139. The summed E-state index contributed by atoms with van der Waals surface area (Å²) in [5.74, 6) is -0.504. The van der Waals surface area contributed by atoms with Gasteiger partial charge in [-0.15, -0.1) is 0 Å². The Balaban J connectivity index is 1.70. The number of carbonyl (C=O) groups is 2. The fourth-order valence-corrected chi connectivity index (χ4v) is 1.36. The van der Waals surface area contributed by atoms with E-state index in [9.17, 15) is 9.59 Å². The molecule has 0 aromatic carbocycles. The number of urea groups is 1. The van der Waals surface area contributed by atoms with Gasteiger partial charge < -0.3 is 20.3 Å². The van der Waals surface area contributed by atoms with Crippen LogP contribution < -0.4 is 10.6 Å². The van der Waals surface area contributed by atoms with E-state index < -0.39 is 17.4 Å². The molecule has 8 heteroatoms. The molecular formula is C9H12N4O4. The molecule has 0 saturated heterocycles. The van der Waals surface area contributed by atoms with Crippen molar-refractivity contribution >= 4 is 12.0 Å². The largest absolute Gasteiger partial charge is 0.481 e. The van der Waals surface area contributed by atoms with Crippen molar-refractivity contribution in [3.8, 4) is 0 Å². The van der Waals surface area contributed by atoms with Crippen LogP contribution in [0.3, 0.4) is 0 Å². The number of nitrogens with zero attached hydrogens (tertiary/aromatic N) is 2. The van der Waals surface area contributed by atoms with Crippen LogP contribution in [0.4, 0.5) is 4.79 Å². The molecule has 0 aliphatic heterocycles. The van der Waals surface area contributed by atoms with Crippen LogP contribution in [-0.4, -0.2) is 33.8 Å². The number of nitrogens with one attached hydrogen (secondary N) is 2. The van der Waals surface area contributed by atoms with Gasteiger partial charge in [-0.2, -0.15) is 4.98 Å². The molecular weight excluding hydrogens is 228 g/mol. The monoisotopic (exact) mass is 240 g/mol. The van der Waals surface area contributed by atoms with E-state index in [1.54, 1.807) is 0 Å². The first-order valence-electron chi connectivity index (χ1n) is 5.13. The van der Waals surface area contributed by atoms with Gasteiger partial charge in [0.25, 0.3) is 0 Å². The quantitative estimate of drug-likeness (QED) is 0.652. The molecule has 3 N–H and O–H groups in total.